The number of fused-ring (bicyclic) bond motifs is 3. The highest BCUT2D eigenvalue weighted by atomic mass is 16.5. The Hall–Kier alpha value is -3.39. The number of nitrogens with one attached hydrogen (secondary N) is 1. The van der Waals surface area contributed by atoms with Crippen molar-refractivity contribution in [1.82, 2.24) is 10.2 Å². The maximum Gasteiger partial charge on any atom is 0.407 e. The molecule has 2 N–H and O–H groups in total. The summed E-state index contributed by atoms with van der Waals surface area (Å²) < 4.78 is 10.9. The highest BCUT2D eigenvalue weighted by molar-refractivity contribution is 5.80. The average molecular weight is 481 g/mol. The molecule has 1 aliphatic carbocycles. The van der Waals surface area contributed by atoms with Crippen molar-refractivity contribution >= 4 is 18.0 Å². The molecule has 2 aromatic rings. The van der Waals surface area contributed by atoms with Gasteiger partial charge in [-0.1, -0.05) is 55.5 Å². The number of ether oxygens (including phenoxy) is 2. The summed E-state index contributed by atoms with van der Waals surface area (Å²) in [5.41, 5.74) is 4.64. The Morgan fingerprint density at radius 2 is 1.71 bits per heavy atom. The smallest absolute Gasteiger partial charge is 0.407 e. The van der Waals surface area contributed by atoms with E-state index in [9.17, 15) is 19.5 Å². The lowest BCUT2D eigenvalue weighted by Gasteiger charge is -2.27. The third-order valence-electron chi connectivity index (χ3n) is 7.12. The highest BCUT2D eigenvalue weighted by Gasteiger charge is 2.38. The van der Waals surface area contributed by atoms with Gasteiger partial charge < -0.3 is 24.8 Å². The van der Waals surface area contributed by atoms with Crippen molar-refractivity contribution in [3.63, 3.8) is 0 Å². The number of hydrogen-bond donors (Lipinski definition) is 2. The number of carbonyl (C=O) groups is 3. The first-order chi connectivity index (χ1) is 16.9. The molecule has 0 bridgehead atoms. The van der Waals surface area contributed by atoms with Crippen molar-refractivity contribution in [3.8, 4) is 11.1 Å². The Labute approximate surface area is 205 Å². The Kier molecular flexibility index (Phi) is 7.70. The molecule has 8 heteroatoms. The maximum atomic E-state index is 12.7. The van der Waals surface area contributed by atoms with Gasteiger partial charge in [0.1, 0.15) is 12.5 Å². The molecule has 2 aromatic carbocycles. The predicted octanol–water partition coefficient (Wildman–Crippen LogP) is 3.64. The van der Waals surface area contributed by atoms with Gasteiger partial charge in [0.05, 0.1) is 19.3 Å². The number of aliphatic carboxylic acids is 1. The molecule has 1 fully saturated rings. The molecule has 0 saturated carbocycles. The Balaban J connectivity index is 1.29. The lowest BCUT2D eigenvalue weighted by Crippen LogP contribution is -2.44. The van der Waals surface area contributed by atoms with E-state index in [1.54, 1.807) is 7.05 Å². The van der Waals surface area contributed by atoms with E-state index >= 15 is 0 Å². The quantitative estimate of drug-likeness (QED) is 0.568. The van der Waals surface area contributed by atoms with E-state index in [2.05, 4.69) is 29.6 Å². The van der Waals surface area contributed by atoms with Gasteiger partial charge in [-0.3, -0.25) is 9.59 Å². The molecule has 186 valence electrons. The van der Waals surface area contributed by atoms with Crippen LogP contribution in [0.1, 0.15) is 43.2 Å². The van der Waals surface area contributed by atoms with Gasteiger partial charge in [0.2, 0.25) is 5.91 Å². The second-order valence-electron chi connectivity index (χ2n) is 9.17. The lowest BCUT2D eigenvalue weighted by atomic mass is 9.98. The van der Waals surface area contributed by atoms with E-state index in [4.69, 9.17) is 9.47 Å². The Bertz CT molecular complexity index is 1040. The summed E-state index contributed by atoms with van der Waals surface area (Å²) >= 11 is 0. The minimum absolute atomic E-state index is 0.0146. The van der Waals surface area contributed by atoms with E-state index in [1.165, 1.54) is 16.0 Å². The Morgan fingerprint density at radius 1 is 1.09 bits per heavy atom. The van der Waals surface area contributed by atoms with E-state index in [0.29, 0.717) is 12.8 Å². The molecule has 35 heavy (non-hydrogen) atoms. The molecule has 1 heterocycles. The number of amides is 2. The molecular weight excluding hydrogens is 448 g/mol. The zero-order chi connectivity index (χ0) is 24.9. The molecule has 0 radical (unpaired) electrons. The summed E-state index contributed by atoms with van der Waals surface area (Å²) in [5, 5.41) is 12.2. The number of hydrogen-bond acceptors (Lipinski definition) is 5. The summed E-state index contributed by atoms with van der Waals surface area (Å²) in [6.07, 6.45) is 0.775. The van der Waals surface area contributed by atoms with Gasteiger partial charge in [0.15, 0.2) is 0 Å². The van der Waals surface area contributed by atoms with Crippen LogP contribution in [-0.2, 0) is 19.1 Å². The minimum Gasteiger partial charge on any atom is -0.481 e. The third kappa shape index (κ3) is 5.32. The van der Waals surface area contributed by atoms with Crippen molar-refractivity contribution in [2.45, 2.75) is 44.2 Å². The molecular formula is C27H32N2O6. The van der Waals surface area contributed by atoms with Crippen LogP contribution >= 0.6 is 0 Å². The monoisotopic (exact) mass is 480 g/mol. The number of alkyl carbamates (subject to hydrolysis) is 1. The number of benzene rings is 2. The first-order valence-electron chi connectivity index (χ1n) is 12.1. The van der Waals surface area contributed by atoms with Crippen LogP contribution in [0.3, 0.4) is 0 Å². The highest BCUT2D eigenvalue weighted by Crippen LogP contribution is 2.44. The number of carboxylic acids is 1. The summed E-state index contributed by atoms with van der Waals surface area (Å²) in [4.78, 5) is 38.1. The van der Waals surface area contributed by atoms with Gasteiger partial charge in [-0.25, -0.2) is 4.79 Å². The van der Waals surface area contributed by atoms with Crippen molar-refractivity contribution in [1.29, 1.82) is 0 Å². The van der Waals surface area contributed by atoms with Crippen LogP contribution in [-0.4, -0.2) is 66.9 Å². The van der Waals surface area contributed by atoms with E-state index < -0.39 is 24.0 Å². The normalized spacial score (nSPS) is 19.5. The van der Waals surface area contributed by atoms with Gasteiger partial charge in [-0.05, 0) is 35.1 Å². The number of nitrogens with zero attached hydrogens (tertiary/aromatic N) is 1. The molecule has 1 saturated heterocycles. The van der Waals surface area contributed by atoms with Gasteiger partial charge >= 0.3 is 12.1 Å². The SMILES string of the molecule is CCC(CCC(=O)N(C)C1COCC1C(=O)O)NC(=O)OCC1c2ccccc2-c2ccccc21. The van der Waals surface area contributed by atoms with Crippen molar-refractivity contribution < 1.29 is 29.0 Å². The van der Waals surface area contributed by atoms with Crippen LogP contribution in [0, 0.1) is 5.92 Å². The summed E-state index contributed by atoms with van der Waals surface area (Å²) in [6.45, 7) is 2.50. The second kappa shape index (κ2) is 10.9. The Morgan fingerprint density at radius 3 is 2.31 bits per heavy atom. The minimum atomic E-state index is -0.962. The van der Waals surface area contributed by atoms with Crippen molar-refractivity contribution in [2.75, 3.05) is 26.9 Å². The molecule has 3 unspecified atom stereocenters. The third-order valence-corrected chi connectivity index (χ3v) is 7.12. The molecule has 3 atom stereocenters. The molecule has 0 aromatic heterocycles. The zero-order valence-corrected chi connectivity index (χ0v) is 20.1. The molecule has 2 aliphatic rings. The van der Waals surface area contributed by atoms with Crippen LogP contribution < -0.4 is 5.32 Å². The van der Waals surface area contributed by atoms with E-state index in [1.807, 2.05) is 31.2 Å². The van der Waals surface area contributed by atoms with Gasteiger partial charge in [0, 0.05) is 25.4 Å². The first kappa shape index (κ1) is 24.7. The number of rotatable bonds is 9. The van der Waals surface area contributed by atoms with Gasteiger partial charge in [0.25, 0.3) is 0 Å². The molecule has 2 amide bonds. The lowest BCUT2D eigenvalue weighted by molar-refractivity contribution is -0.144. The maximum absolute atomic E-state index is 12.7. The van der Waals surface area contributed by atoms with Gasteiger partial charge in [-0.2, -0.15) is 0 Å². The summed E-state index contributed by atoms with van der Waals surface area (Å²) in [5.74, 6) is -1.86. The van der Waals surface area contributed by atoms with Crippen molar-refractivity contribution in [3.05, 3.63) is 59.7 Å². The van der Waals surface area contributed by atoms with Crippen LogP contribution in [0.15, 0.2) is 48.5 Å². The summed E-state index contributed by atoms with van der Waals surface area (Å²) in [7, 11) is 1.61. The van der Waals surface area contributed by atoms with Crippen LogP contribution in [0.25, 0.3) is 11.1 Å². The van der Waals surface area contributed by atoms with Crippen molar-refractivity contribution in [2.24, 2.45) is 5.92 Å². The first-order valence-corrected chi connectivity index (χ1v) is 12.1. The molecule has 4 rings (SSSR count). The molecule has 8 nitrogen and oxygen atoms in total. The van der Waals surface area contributed by atoms with Gasteiger partial charge in [-0.15, -0.1) is 0 Å². The zero-order valence-electron chi connectivity index (χ0n) is 20.1. The van der Waals surface area contributed by atoms with E-state index in [0.717, 1.165) is 11.1 Å². The average Bonchev–Trinajstić information content (AvgIpc) is 3.48. The molecule has 1 aliphatic heterocycles. The standard InChI is InChI=1S/C27H32N2O6/c1-3-17(12-13-25(30)29(2)24-16-34-14-23(24)26(31)32)28-27(33)35-15-22-20-10-6-4-8-18(20)19-9-5-7-11-21(19)22/h4-11,17,22-24H,3,12-16H2,1-2H3,(H,28,33)(H,31,32). The topological polar surface area (TPSA) is 105 Å². The van der Waals surface area contributed by atoms with E-state index in [-0.39, 0.29) is 44.1 Å². The van der Waals surface area contributed by atoms with Crippen LogP contribution in [0.4, 0.5) is 4.79 Å². The fraction of sp³-hybridized carbons (Fsp3) is 0.444. The number of carboxylic acid groups (broad SMARTS) is 1. The fourth-order valence-electron chi connectivity index (χ4n) is 5.00. The fourth-order valence-corrected chi connectivity index (χ4v) is 5.00. The summed E-state index contributed by atoms with van der Waals surface area (Å²) in [6, 6.07) is 15.6. The predicted molar refractivity (Wildman–Crippen MR) is 130 cm³/mol. The number of carbonyl (C=O) groups excluding carboxylic acids is 2. The van der Waals surface area contributed by atoms with Crippen LogP contribution in [0.5, 0.6) is 0 Å². The van der Waals surface area contributed by atoms with Crippen LogP contribution in [0.2, 0.25) is 0 Å². The molecule has 0 spiro atoms. The second-order valence-corrected chi connectivity index (χ2v) is 9.17. The number of likely N-dealkylation sites (N-methyl/N-ethyl adjacent to an activating group) is 1. The largest absolute Gasteiger partial charge is 0.481 e.